The maximum absolute atomic E-state index is 12.0. The van der Waals surface area contributed by atoms with Crippen molar-refractivity contribution in [3.8, 4) is 5.69 Å². The van der Waals surface area contributed by atoms with Crippen LogP contribution in [-0.4, -0.2) is 25.7 Å². The van der Waals surface area contributed by atoms with E-state index in [-0.39, 0.29) is 5.91 Å². The number of rotatable bonds is 3. The molecule has 0 fully saturated rings. The summed E-state index contributed by atoms with van der Waals surface area (Å²) < 4.78 is 1.87. The Morgan fingerprint density at radius 1 is 1.35 bits per heavy atom. The number of anilines is 1. The maximum atomic E-state index is 12.0. The van der Waals surface area contributed by atoms with Gasteiger partial charge in [0.1, 0.15) is 0 Å². The van der Waals surface area contributed by atoms with E-state index in [0.717, 1.165) is 11.4 Å². The van der Waals surface area contributed by atoms with Gasteiger partial charge in [-0.05, 0) is 31.2 Å². The molecule has 2 N–H and O–H groups in total. The Labute approximate surface area is 115 Å². The van der Waals surface area contributed by atoms with Crippen LogP contribution in [0.25, 0.3) is 5.69 Å². The fourth-order valence-corrected chi connectivity index (χ4v) is 1.89. The lowest BCUT2D eigenvalue weighted by Crippen LogP contribution is -2.12. The normalized spacial score (nSPS) is 10.4. The van der Waals surface area contributed by atoms with Crippen molar-refractivity contribution in [3.05, 3.63) is 60.4 Å². The highest BCUT2D eigenvalue weighted by Crippen LogP contribution is 2.15. The van der Waals surface area contributed by atoms with Crippen LogP contribution in [0.1, 0.15) is 16.2 Å². The lowest BCUT2D eigenvalue weighted by molar-refractivity contribution is 0.102. The van der Waals surface area contributed by atoms with Crippen molar-refractivity contribution in [3.63, 3.8) is 0 Å². The Kier molecular flexibility index (Phi) is 3.04. The van der Waals surface area contributed by atoms with Gasteiger partial charge in [0.05, 0.1) is 6.33 Å². The average Bonchev–Trinajstić information content (AvgIpc) is 3.10. The van der Waals surface area contributed by atoms with Gasteiger partial charge in [-0.2, -0.15) is 5.10 Å². The molecule has 0 radical (unpaired) electrons. The van der Waals surface area contributed by atoms with Gasteiger partial charge < -0.3 is 9.88 Å². The zero-order valence-corrected chi connectivity index (χ0v) is 10.9. The molecule has 3 rings (SSSR count). The number of hydrogen-bond acceptors (Lipinski definition) is 3. The number of benzene rings is 1. The second-order valence-electron chi connectivity index (χ2n) is 4.41. The summed E-state index contributed by atoms with van der Waals surface area (Å²) in [6.07, 6.45) is 5.26. The van der Waals surface area contributed by atoms with Crippen LogP contribution < -0.4 is 5.32 Å². The summed E-state index contributed by atoms with van der Waals surface area (Å²) in [5.41, 5.74) is 2.86. The van der Waals surface area contributed by atoms with Crippen LogP contribution in [0.15, 0.2) is 49.1 Å². The molecule has 1 aromatic carbocycles. The highest BCUT2D eigenvalue weighted by Gasteiger charge is 2.09. The van der Waals surface area contributed by atoms with Crippen LogP contribution in [0.3, 0.4) is 0 Å². The van der Waals surface area contributed by atoms with E-state index in [1.807, 2.05) is 42.0 Å². The van der Waals surface area contributed by atoms with E-state index >= 15 is 0 Å². The number of aromatic amines is 1. The van der Waals surface area contributed by atoms with Gasteiger partial charge in [-0.25, -0.2) is 4.98 Å². The first-order valence-electron chi connectivity index (χ1n) is 6.14. The molecule has 6 heteroatoms. The van der Waals surface area contributed by atoms with Gasteiger partial charge in [0.15, 0.2) is 5.69 Å². The zero-order valence-electron chi connectivity index (χ0n) is 10.9. The van der Waals surface area contributed by atoms with Crippen molar-refractivity contribution in [1.82, 2.24) is 19.7 Å². The molecular formula is C14H13N5O. The van der Waals surface area contributed by atoms with E-state index in [4.69, 9.17) is 0 Å². The van der Waals surface area contributed by atoms with Gasteiger partial charge >= 0.3 is 0 Å². The molecule has 100 valence electrons. The molecule has 1 amide bonds. The van der Waals surface area contributed by atoms with E-state index in [1.54, 1.807) is 18.6 Å². The summed E-state index contributed by atoms with van der Waals surface area (Å²) in [7, 11) is 0. The topological polar surface area (TPSA) is 75.6 Å². The van der Waals surface area contributed by atoms with Crippen molar-refractivity contribution in [2.24, 2.45) is 0 Å². The van der Waals surface area contributed by atoms with Gasteiger partial charge in [-0.3, -0.25) is 9.89 Å². The number of aromatic nitrogens is 4. The van der Waals surface area contributed by atoms with Crippen molar-refractivity contribution in [2.75, 3.05) is 5.32 Å². The third kappa shape index (κ3) is 2.44. The van der Waals surface area contributed by atoms with Crippen LogP contribution >= 0.6 is 0 Å². The van der Waals surface area contributed by atoms with Crippen molar-refractivity contribution in [2.45, 2.75) is 6.92 Å². The number of amides is 1. The van der Waals surface area contributed by atoms with E-state index in [2.05, 4.69) is 20.5 Å². The number of carbonyl (C=O) groups excluding carboxylic acids is 1. The minimum absolute atomic E-state index is 0.239. The number of H-pyrrole nitrogens is 1. The first-order valence-corrected chi connectivity index (χ1v) is 6.14. The minimum atomic E-state index is -0.239. The number of nitrogens with zero attached hydrogens (tertiary/aromatic N) is 3. The number of imidazole rings is 1. The molecule has 6 nitrogen and oxygen atoms in total. The van der Waals surface area contributed by atoms with Gasteiger partial charge in [0.25, 0.3) is 5.91 Å². The minimum Gasteiger partial charge on any atom is -0.321 e. The standard InChI is InChI=1S/C14H13N5O/c1-10-7-13(18-17-10)14(20)16-11-3-2-4-12(8-11)19-6-5-15-9-19/h2-9H,1H3,(H,16,20)(H,17,18). The second kappa shape index (κ2) is 5.00. The predicted octanol–water partition coefficient (Wildman–Crippen LogP) is 2.16. The second-order valence-corrected chi connectivity index (χ2v) is 4.41. The molecule has 2 heterocycles. The van der Waals surface area contributed by atoms with Gasteiger partial charge in [-0.15, -0.1) is 0 Å². The molecule has 2 aromatic heterocycles. The fourth-order valence-electron chi connectivity index (χ4n) is 1.89. The molecule has 0 aliphatic rings. The monoisotopic (exact) mass is 267 g/mol. The molecule has 0 atom stereocenters. The van der Waals surface area contributed by atoms with Crippen LogP contribution in [0, 0.1) is 6.92 Å². The SMILES string of the molecule is Cc1cc(C(=O)Nc2cccc(-n3ccnc3)c2)n[nH]1. The molecule has 0 unspecified atom stereocenters. The molecule has 0 saturated heterocycles. The molecule has 20 heavy (non-hydrogen) atoms. The highest BCUT2D eigenvalue weighted by atomic mass is 16.1. The van der Waals surface area contributed by atoms with E-state index in [0.29, 0.717) is 11.4 Å². The average molecular weight is 267 g/mol. The molecule has 0 aliphatic heterocycles. The Morgan fingerprint density at radius 2 is 2.25 bits per heavy atom. The Balaban J connectivity index is 1.81. The van der Waals surface area contributed by atoms with E-state index < -0.39 is 0 Å². The number of aryl methyl sites for hydroxylation is 1. The van der Waals surface area contributed by atoms with Crippen molar-refractivity contribution in [1.29, 1.82) is 0 Å². The summed E-state index contributed by atoms with van der Waals surface area (Å²) in [5, 5.41) is 9.50. The lowest BCUT2D eigenvalue weighted by Gasteiger charge is -2.06. The molecule has 0 saturated carbocycles. The molecular weight excluding hydrogens is 254 g/mol. The third-order valence-electron chi connectivity index (χ3n) is 2.85. The van der Waals surface area contributed by atoms with Crippen LogP contribution in [-0.2, 0) is 0 Å². The molecule has 3 aromatic rings. The molecule has 0 spiro atoms. The van der Waals surface area contributed by atoms with Gasteiger partial charge in [-0.1, -0.05) is 6.07 Å². The number of carbonyl (C=O) groups is 1. The van der Waals surface area contributed by atoms with Crippen LogP contribution in [0.4, 0.5) is 5.69 Å². The summed E-state index contributed by atoms with van der Waals surface area (Å²) in [6.45, 7) is 1.85. The van der Waals surface area contributed by atoms with Crippen molar-refractivity contribution >= 4 is 11.6 Å². The fraction of sp³-hybridized carbons (Fsp3) is 0.0714. The molecule has 0 bridgehead atoms. The third-order valence-corrected chi connectivity index (χ3v) is 2.85. The van der Waals surface area contributed by atoms with Gasteiger partial charge in [0.2, 0.25) is 0 Å². The maximum Gasteiger partial charge on any atom is 0.276 e. The zero-order chi connectivity index (χ0) is 13.9. The summed E-state index contributed by atoms with van der Waals surface area (Å²) in [5.74, 6) is -0.239. The Bertz CT molecular complexity index is 730. The first kappa shape index (κ1) is 12.2. The van der Waals surface area contributed by atoms with Crippen LogP contribution in [0.5, 0.6) is 0 Å². The van der Waals surface area contributed by atoms with Crippen molar-refractivity contribution < 1.29 is 4.79 Å². The number of hydrogen-bond donors (Lipinski definition) is 2. The van der Waals surface area contributed by atoms with Gasteiger partial charge in [0, 0.05) is 29.5 Å². The van der Waals surface area contributed by atoms with E-state index in [9.17, 15) is 4.79 Å². The summed E-state index contributed by atoms with van der Waals surface area (Å²) in [4.78, 5) is 16.0. The smallest absolute Gasteiger partial charge is 0.276 e. The predicted molar refractivity (Wildman–Crippen MR) is 74.8 cm³/mol. The Hall–Kier alpha value is -2.89. The summed E-state index contributed by atoms with van der Waals surface area (Å²) in [6, 6.07) is 9.22. The Morgan fingerprint density at radius 3 is 2.95 bits per heavy atom. The highest BCUT2D eigenvalue weighted by molar-refractivity contribution is 6.03. The lowest BCUT2D eigenvalue weighted by atomic mass is 10.2. The quantitative estimate of drug-likeness (QED) is 0.763. The first-order chi connectivity index (χ1) is 9.72. The summed E-state index contributed by atoms with van der Waals surface area (Å²) >= 11 is 0. The van der Waals surface area contributed by atoms with E-state index in [1.165, 1.54) is 0 Å². The largest absolute Gasteiger partial charge is 0.321 e. The molecule has 0 aliphatic carbocycles. The van der Waals surface area contributed by atoms with Crippen LogP contribution in [0.2, 0.25) is 0 Å². The number of nitrogens with one attached hydrogen (secondary N) is 2.